The second-order valence-corrected chi connectivity index (χ2v) is 16.5. The lowest BCUT2D eigenvalue weighted by Crippen LogP contribution is -2.51. The van der Waals surface area contributed by atoms with Gasteiger partial charge < -0.3 is 4.74 Å². The molecule has 0 saturated heterocycles. The lowest BCUT2D eigenvalue weighted by molar-refractivity contribution is -0.0578. The molecule has 0 unspecified atom stereocenters. The fraction of sp³-hybridized carbons (Fsp3) is 0.675. The Morgan fingerprint density at radius 1 is 1.00 bits per heavy atom. The van der Waals surface area contributed by atoms with Gasteiger partial charge in [0.2, 0.25) is 0 Å². The number of hydrogen-bond acceptors (Lipinski definition) is 4. The molecule has 2 aromatic rings. The molecular formula is C40H57N3O4. The summed E-state index contributed by atoms with van der Waals surface area (Å²) < 4.78 is 7.57. The lowest BCUT2D eigenvalue weighted by Gasteiger charge is -2.58. The second kappa shape index (κ2) is 13.4. The van der Waals surface area contributed by atoms with E-state index in [-0.39, 0.29) is 17.6 Å². The monoisotopic (exact) mass is 643 g/mol. The molecule has 3 saturated carbocycles. The number of carbonyl (C=O) groups excluding carboxylic acids is 1. The van der Waals surface area contributed by atoms with Gasteiger partial charge >= 0.3 is 11.8 Å². The highest BCUT2D eigenvalue weighted by atomic mass is 16.6. The van der Waals surface area contributed by atoms with E-state index in [0.717, 1.165) is 66.0 Å². The van der Waals surface area contributed by atoms with Crippen molar-refractivity contribution in [2.45, 2.75) is 118 Å². The number of anilines is 1. The van der Waals surface area contributed by atoms with Crippen molar-refractivity contribution in [3.8, 4) is 0 Å². The van der Waals surface area contributed by atoms with E-state index < -0.39 is 11.2 Å². The maximum absolute atomic E-state index is 13.3. The summed E-state index contributed by atoms with van der Waals surface area (Å²) in [6.45, 7) is 12.8. The average molecular weight is 644 g/mol. The Kier molecular flexibility index (Phi) is 9.66. The van der Waals surface area contributed by atoms with Crippen molar-refractivity contribution >= 4 is 11.8 Å². The van der Waals surface area contributed by atoms with Gasteiger partial charge in [-0.1, -0.05) is 77.7 Å². The summed E-state index contributed by atoms with van der Waals surface area (Å²) in [6, 6.07) is 8.85. The van der Waals surface area contributed by atoms with Crippen LogP contribution in [0.5, 0.6) is 0 Å². The van der Waals surface area contributed by atoms with Gasteiger partial charge in [0.05, 0.1) is 6.54 Å². The first kappa shape index (κ1) is 33.8. The van der Waals surface area contributed by atoms with Crippen LogP contribution in [-0.2, 0) is 11.3 Å². The summed E-state index contributed by atoms with van der Waals surface area (Å²) >= 11 is 0. The van der Waals surface area contributed by atoms with Crippen LogP contribution < -0.4 is 16.1 Å². The SMILES string of the molecule is CC(C)CCC[C@@H](C)[C@H]1CC[C@H]2[C@@H]3CC=C4C[C@@H](OC(=O)N(C)c5ccc(Cn6ccc(=O)[nH]c6=O)cc5)CC[C@]4(C)[C@H]3CC[C@]12C. The van der Waals surface area contributed by atoms with Gasteiger partial charge in [0.15, 0.2) is 0 Å². The summed E-state index contributed by atoms with van der Waals surface area (Å²) in [4.78, 5) is 40.5. The molecule has 3 fully saturated rings. The minimum atomic E-state index is -0.443. The number of fused-ring (bicyclic) bond motifs is 5. The van der Waals surface area contributed by atoms with Gasteiger partial charge in [-0.05, 0) is 109 Å². The topological polar surface area (TPSA) is 84.4 Å². The highest BCUT2D eigenvalue weighted by Gasteiger charge is 2.59. The first-order valence-electron chi connectivity index (χ1n) is 18.4. The molecule has 7 heteroatoms. The number of benzene rings is 1. The van der Waals surface area contributed by atoms with E-state index in [9.17, 15) is 14.4 Å². The molecule has 0 spiro atoms. The quantitative estimate of drug-likeness (QED) is 0.278. The maximum Gasteiger partial charge on any atom is 0.414 e. The highest BCUT2D eigenvalue weighted by molar-refractivity contribution is 5.87. The molecule has 4 aliphatic rings. The minimum absolute atomic E-state index is 0.0939. The fourth-order valence-electron chi connectivity index (χ4n) is 10.7. The van der Waals surface area contributed by atoms with E-state index in [2.05, 4.69) is 45.7 Å². The molecule has 4 aliphatic carbocycles. The number of nitrogens with zero attached hydrogens (tertiary/aromatic N) is 2. The molecule has 47 heavy (non-hydrogen) atoms. The Labute approximate surface area is 281 Å². The number of aromatic nitrogens is 2. The molecule has 256 valence electrons. The smallest absolute Gasteiger partial charge is 0.414 e. The lowest BCUT2D eigenvalue weighted by atomic mass is 9.47. The number of nitrogens with one attached hydrogen (secondary N) is 1. The summed E-state index contributed by atoms with van der Waals surface area (Å²) in [5.74, 6) is 4.91. The van der Waals surface area contributed by atoms with Gasteiger partial charge in [-0.15, -0.1) is 0 Å². The van der Waals surface area contributed by atoms with Gasteiger partial charge in [-0.25, -0.2) is 9.59 Å². The van der Waals surface area contributed by atoms with Crippen LogP contribution in [0.4, 0.5) is 10.5 Å². The molecule has 0 bridgehead atoms. The normalized spacial score (nSPS) is 32.1. The van der Waals surface area contributed by atoms with Crippen LogP contribution in [0.1, 0.15) is 111 Å². The van der Waals surface area contributed by atoms with Crippen molar-refractivity contribution in [1.29, 1.82) is 0 Å². The van der Waals surface area contributed by atoms with Crippen LogP contribution in [0, 0.1) is 46.3 Å². The summed E-state index contributed by atoms with van der Waals surface area (Å²) in [6.07, 6.45) is 17.4. The molecule has 6 rings (SSSR count). The van der Waals surface area contributed by atoms with Crippen molar-refractivity contribution in [2.75, 3.05) is 11.9 Å². The van der Waals surface area contributed by atoms with Gasteiger partial charge in [-0.2, -0.15) is 0 Å². The van der Waals surface area contributed by atoms with E-state index in [1.165, 1.54) is 73.8 Å². The molecular weight excluding hydrogens is 586 g/mol. The standard InChI is InChI=1S/C40H57N3O4/c1-26(2)8-7-9-27(3)33-16-17-34-32-15-12-29-24-31(18-21-39(29,4)35(32)19-22-40(33,34)5)47-38(46)42(6)30-13-10-28(11-14-30)25-43-23-20-36(44)41-37(43)45/h10-14,20,23,26-27,31-35H,7-9,15-19,21-22,24-25H2,1-6H3,(H,41,44,45)/t27-,31+,32+,33-,34+,35+,39+,40-/m1/s1. The number of carbonyl (C=O) groups is 1. The first-order valence-corrected chi connectivity index (χ1v) is 18.4. The van der Waals surface area contributed by atoms with Gasteiger partial charge in [0, 0.05) is 31.4 Å². The Bertz CT molecular complexity index is 1570. The van der Waals surface area contributed by atoms with Crippen molar-refractivity contribution in [2.24, 2.45) is 46.3 Å². The van der Waals surface area contributed by atoms with Gasteiger partial charge in [-0.3, -0.25) is 19.2 Å². The first-order chi connectivity index (χ1) is 22.4. The van der Waals surface area contributed by atoms with Crippen molar-refractivity contribution < 1.29 is 9.53 Å². The maximum atomic E-state index is 13.3. The molecule has 1 N–H and O–H groups in total. The molecule has 1 aromatic heterocycles. The van der Waals surface area contributed by atoms with Crippen molar-refractivity contribution in [3.05, 3.63) is 74.6 Å². The van der Waals surface area contributed by atoms with Crippen LogP contribution >= 0.6 is 0 Å². The van der Waals surface area contributed by atoms with Crippen molar-refractivity contribution in [1.82, 2.24) is 9.55 Å². The van der Waals surface area contributed by atoms with E-state index >= 15 is 0 Å². The van der Waals surface area contributed by atoms with Crippen LogP contribution in [-0.4, -0.2) is 28.8 Å². The zero-order chi connectivity index (χ0) is 33.5. The van der Waals surface area contributed by atoms with Crippen LogP contribution in [0.25, 0.3) is 0 Å². The van der Waals surface area contributed by atoms with Crippen LogP contribution in [0.2, 0.25) is 0 Å². The molecule has 1 aromatic carbocycles. The molecule has 7 nitrogen and oxygen atoms in total. The highest BCUT2D eigenvalue weighted by Crippen LogP contribution is 2.67. The predicted octanol–water partition coefficient (Wildman–Crippen LogP) is 8.57. The van der Waals surface area contributed by atoms with Crippen LogP contribution in [0.3, 0.4) is 0 Å². The zero-order valence-electron chi connectivity index (χ0n) is 29.6. The van der Waals surface area contributed by atoms with E-state index in [4.69, 9.17) is 4.74 Å². The number of ether oxygens (including phenoxy) is 1. The third-order valence-corrected chi connectivity index (χ3v) is 13.4. The Morgan fingerprint density at radius 3 is 2.49 bits per heavy atom. The number of amides is 1. The number of H-pyrrole nitrogens is 1. The molecule has 0 aliphatic heterocycles. The average Bonchev–Trinajstić information content (AvgIpc) is 3.39. The largest absolute Gasteiger partial charge is 0.446 e. The number of hydrogen-bond donors (Lipinski definition) is 1. The Hall–Kier alpha value is -3.09. The predicted molar refractivity (Wildman–Crippen MR) is 189 cm³/mol. The number of rotatable bonds is 9. The molecule has 1 amide bonds. The van der Waals surface area contributed by atoms with Crippen LogP contribution in [0.15, 0.2) is 57.8 Å². The Balaban J connectivity index is 1.06. The third kappa shape index (κ3) is 6.65. The van der Waals surface area contributed by atoms with E-state index in [1.807, 2.05) is 24.3 Å². The van der Waals surface area contributed by atoms with E-state index in [0.29, 0.717) is 12.0 Å². The third-order valence-electron chi connectivity index (χ3n) is 13.4. The summed E-state index contributed by atoms with van der Waals surface area (Å²) in [5.41, 5.74) is 3.03. The number of allylic oxidation sites excluding steroid dienone is 1. The van der Waals surface area contributed by atoms with Crippen molar-refractivity contribution in [3.63, 3.8) is 0 Å². The fourth-order valence-corrected chi connectivity index (χ4v) is 10.7. The molecule has 8 atom stereocenters. The second-order valence-electron chi connectivity index (χ2n) is 16.5. The zero-order valence-corrected chi connectivity index (χ0v) is 29.6. The van der Waals surface area contributed by atoms with E-state index in [1.54, 1.807) is 11.9 Å². The summed E-state index contributed by atoms with van der Waals surface area (Å²) in [5, 5.41) is 0. The summed E-state index contributed by atoms with van der Waals surface area (Å²) in [7, 11) is 1.75. The Morgan fingerprint density at radius 2 is 1.77 bits per heavy atom. The minimum Gasteiger partial charge on any atom is -0.446 e. The molecule has 1 heterocycles. The van der Waals surface area contributed by atoms with Gasteiger partial charge in [0.1, 0.15) is 6.10 Å². The molecule has 0 radical (unpaired) electrons. The number of aromatic amines is 1. The van der Waals surface area contributed by atoms with Gasteiger partial charge in [0.25, 0.3) is 5.56 Å².